The first-order valence-corrected chi connectivity index (χ1v) is 7.35. The minimum absolute atomic E-state index is 0.275. The summed E-state index contributed by atoms with van der Waals surface area (Å²) >= 11 is 3.56. The summed E-state index contributed by atoms with van der Waals surface area (Å²) in [4.78, 5) is 11.8. The van der Waals surface area contributed by atoms with Crippen molar-refractivity contribution in [2.24, 2.45) is 5.92 Å². The van der Waals surface area contributed by atoms with Gasteiger partial charge in [0.05, 0.1) is 7.11 Å². The molecule has 1 aromatic carbocycles. The number of ketones is 1. The first-order valence-electron chi connectivity index (χ1n) is 6.56. The summed E-state index contributed by atoms with van der Waals surface area (Å²) in [6, 6.07) is 6.01. The van der Waals surface area contributed by atoms with E-state index in [1.807, 2.05) is 12.1 Å². The molecule has 2 nitrogen and oxygen atoms in total. The van der Waals surface area contributed by atoms with Gasteiger partial charge in [-0.05, 0) is 49.4 Å². The lowest BCUT2D eigenvalue weighted by molar-refractivity contribution is -0.124. The molecule has 98 valence electrons. The maximum Gasteiger partial charge on any atom is 0.135 e. The molecule has 1 aliphatic carbocycles. The molecule has 3 heteroatoms. The summed E-state index contributed by atoms with van der Waals surface area (Å²) in [7, 11) is 1.68. The second-order valence-electron chi connectivity index (χ2n) is 4.91. The van der Waals surface area contributed by atoms with Gasteiger partial charge in [-0.2, -0.15) is 0 Å². The molecule has 1 saturated carbocycles. The van der Waals surface area contributed by atoms with Crippen molar-refractivity contribution >= 4 is 21.7 Å². The van der Waals surface area contributed by atoms with Crippen LogP contribution in [-0.4, -0.2) is 12.9 Å². The molecular formula is C15H19BrO2. The van der Waals surface area contributed by atoms with Crippen LogP contribution in [0, 0.1) is 5.92 Å². The molecule has 1 fully saturated rings. The van der Waals surface area contributed by atoms with Gasteiger partial charge < -0.3 is 4.74 Å². The van der Waals surface area contributed by atoms with Gasteiger partial charge in [0.2, 0.25) is 0 Å². The van der Waals surface area contributed by atoms with Crippen molar-refractivity contribution in [3.8, 4) is 5.75 Å². The van der Waals surface area contributed by atoms with Gasteiger partial charge in [-0.25, -0.2) is 0 Å². The van der Waals surface area contributed by atoms with Crippen LogP contribution < -0.4 is 4.74 Å². The Labute approximate surface area is 117 Å². The maximum atomic E-state index is 11.8. The quantitative estimate of drug-likeness (QED) is 0.835. The third kappa shape index (κ3) is 3.35. The molecule has 18 heavy (non-hydrogen) atoms. The monoisotopic (exact) mass is 310 g/mol. The van der Waals surface area contributed by atoms with E-state index < -0.39 is 0 Å². The summed E-state index contributed by atoms with van der Waals surface area (Å²) in [5.41, 5.74) is 1.23. The fourth-order valence-electron chi connectivity index (χ4n) is 2.56. The first kappa shape index (κ1) is 13.6. The van der Waals surface area contributed by atoms with E-state index in [4.69, 9.17) is 4.74 Å². The Morgan fingerprint density at radius 1 is 1.39 bits per heavy atom. The predicted molar refractivity (Wildman–Crippen MR) is 76.0 cm³/mol. The van der Waals surface area contributed by atoms with E-state index in [1.165, 1.54) is 12.0 Å². The third-order valence-corrected chi connectivity index (χ3v) is 4.47. The lowest BCUT2D eigenvalue weighted by Gasteiger charge is -2.20. The number of carbonyl (C=O) groups excluding carboxylic acids is 1. The number of Topliss-reactive ketones (excluding diaryl/α,β-unsaturated/α-hetero) is 1. The maximum absolute atomic E-state index is 11.8. The topological polar surface area (TPSA) is 26.3 Å². The van der Waals surface area contributed by atoms with Crippen LogP contribution in [0.1, 0.15) is 37.7 Å². The van der Waals surface area contributed by atoms with Crippen LogP contribution in [-0.2, 0) is 11.2 Å². The minimum atomic E-state index is 0.275. The summed E-state index contributed by atoms with van der Waals surface area (Å²) < 4.78 is 6.34. The van der Waals surface area contributed by atoms with Crippen molar-refractivity contribution in [1.29, 1.82) is 0 Å². The third-order valence-electron chi connectivity index (χ3n) is 3.70. The van der Waals surface area contributed by atoms with Gasteiger partial charge in [0.25, 0.3) is 0 Å². The number of rotatable bonds is 4. The first-order chi connectivity index (χ1) is 8.70. The van der Waals surface area contributed by atoms with Crippen molar-refractivity contribution in [2.75, 3.05) is 7.11 Å². The van der Waals surface area contributed by atoms with E-state index in [2.05, 4.69) is 22.0 Å². The zero-order valence-electron chi connectivity index (χ0n) is 10.7. The van der Waals surface area contributed by atoms with E-state index in [0.29, 0.717) is 5.78 Å². The number of hydrogen-bond acceptors (Lipinski definition) is 2. The highest BCUT2D eigenvalue weighted by molar-refractivity contribution is 9.10. The Hall–Kier alpha value is -0.830. The SMILES string of the molecule is COc1ccc(Br)c(CCC2CCCCC2=O)c1. The summed E-state index contributed by atoms with van der Waals surface area (Å²) in [6.07, 6.45) is 6.04. The number of halogens is 1. The van der Waals surface area contributed by atoms with Crippen LogP contribution in [0.5, 0.6) is 5.75 Å². The van der Waals surface area contributed by atoms with E-state index in [0.717, 1.165) is 42.3 Å². The highest BCUT2D eigenvalue weighted by Gasteiger charge is 2.21. The Bertz CT molecular complexity index is 429. The Morgan fingerprint density at radius 3 is 2.94 bits per heavy atom. The molecule has 0 aromatic heterocycles. The molecule has 1 unspecified atom stereocenters. The molecule has 0 aliphatic heterocycles. The van der Waals surface area contributed by atoms with Gasteiger partial charge in [0, 0.05) is 16.8 Å². The van der Waals surface area contributed by atoms with E-state index in [1.54, 1.807) is 7.11 Å². The van der Waals surface area contributed by atoms with Crippen LogP contribution in [0.2, 0.25) is 0 Å². The lowest BCUT2D eigenvalue weighted by atomic mass is 9.84. The van der Waals surface area contributed by atoms with Gasteiger partial charge in [-0.15, -0.1) is 0 Å². The molecular weight excluding hydrogens is 292 g/mol. The minimum Gasteiger partial charge on any atom is -0.497 e. The van der Waals surface area contributed by atoms with Crippen LogP contribution in [0.3, 0.4) is 0 Å². The van der Waals surface area contributed by atoms with Crippen LogP contribution in [0.4, 0.5) is 0 Å². The van der Waals surface area contributed by atoms with Crippen LogP contribution in [0.25, 0.3) is 0 Å². The van der Waals surface area contributed by atoms with Gasteiger partial charge in [0.1, 0.15) is 11.5 Å². The number of ether oxygens (including phenoxy) is 1. The van der Waals surface area contributed by atoms with E-state index in [-0.39, 0.29) is 5.92 Å². The van der Waals surface area contributed by atoms with Crippen LogP contribution >= 0.6 is 15.9 Å². The zero-order chi connectivity index (χ0) is 13.0. The highest BCUT2D eigenvalue weighted by atomic mass is 79.9. The van der Waals surface area contributed by atoms with Crippen molar-refractivity contribution in [3.05, 3.63) is 28.2 Å². The predicted octanol–water partition coefficient (Wildman–Crippen LogP) is 4.15. The Balaban J connectivity index is 1.98. The molecule has 0 spiro atoms. The second-order valence-corrected chi connectivity index (χ2v) is 5.76. The number of methoxy groups -OCH3 is 1. The number of aryl methyl sites for hydroxylation is 1. The molecule has 0 N–H and O–H groups in total. The van der Waals surface area contributed by atoms with E-state index in [9.17, 15) is 4.79 Å². The summed E-state index contributed by atoms with van der Waals surface area (Å²) in [6.45, 7) is 0. The van der Waals surface area contributed by atoms with Gasteiger partial charge in [-0.1, -0.05) is 22.4 Å². The molecule has 1 aliphatic rings. The molecule has 0 heterocycles. The van der Waals surface area contributed by atoms with Crippen molar-refractivity contribution < 1.29 is 9.53 Å². The molecule has 1 atom stereocenters. The molecule has 1 aromatic rings. The van der Waals surface area contributed by atoms with Crippen molar-refractivity contribution in [2.45, 2.75) is 38.5 Å². The number of carbonyl (C=O) groups is 1. The molecule has 0 radical (unpaired) electrons. The fraction of sp³-hybridized carbons (Fsp3) is 0.533. The summed E-state index contributed by atoms with van der Waals surface area (Å²) in [5, 5.41) is 0. The van der Waals surface area contributed by atoms with Crippen LogP contribution in [0.15, 0.2) is 22.7 Å². The largest absolute Gasteiger partial charge is 0.497 e. The number of hydrogen-bond donors (Lipinski definition) is 0. The van der Waals surface area contributed by atoms with Crippen molar-refractivity contribution in [3.63, 3.8) is 0 Å². The average Bonchev–Trinajstić information content (AvgIpc) is 2.39. The Morgan fingerprint density at radius 2 is 2.22 bits per heavy atom. The lowest BCUT2D eigenvalue weighted by Crippen LogP contribution is -2.19. The molecule has 2 rings (SSSR count). The normalized spacial score (nSPS) is 19.9. The van der Waals surface area contributed by atoms with Gasteiger partial charge in [0.15, 0.2) is 0 Å². The highest BCUT2D eigenvalue weighted by Crippen LogP contribution is 2.28. The van der Waals surface area contributed by atoms with Gasteiger partial charge >= 0.3 is 0 Å². The average molecular weight is 311 g/mol. The smallest absolute Gasteiger partial charge is 0.135 e. The molecule has 0 bridgehead atoms. The molecule has 0 saturated heterocycles. The summed E-state index contributed by atoms with van der Waals surface area (Å²) in [5.74, 6) is 1.61. The van der Waals surface area contributed by atoms with E-state index >= 15 is 0 Å². The van der Waals surface area contributed by atoms with Gasteiger partial charge in [-0.3, -0.25) is 4.79 Å². The fourth-order valence-corrected chi connectivity index (χ4v) is 3.00. The zero-order valence-corrected chi connectivity index (χ0v) is 12.3. The number of benzene rings is 1. The van der Waals surface area contributed by atoms with Crippen molar-refractivity contribution in [1.82, 2.24) is 0 Å². The second kappa shape index (κ2) is 6.37. The molecule has 0 amide bonds. The standard InChI is InChI=1S/C15H19BrO2/c1-18-13-8-9-14(16)12(10-13)7-6-11-4-2-3-5-15(11)17/h8-11H,2-7H2,1H3. The Kier molecular flexibility index (Phi) is 4.81.